The molecular formula is C16H23ClFNO. The van der Waals surface area contributed by atoms with Gasteiger partial charge in [0, 0.05) is 17.7 Å². The Morgan fingerprint density at radius 3 is 2.90 bits per heavy atom. The van der Waals surface area contributed by atoms with E-state index in [1.165, 1.54) is 6.07 Å². The largest absolute Gasteiger partial charge is 0.374 e. The SMILES string of the molecule is CCCNC(Cc1ccc(Cl)cc1F)C1(C)CCCO1. The first kappa shape index (κ1) is 15.7. The Kier molecular flexibility index (Phi) is 5.42. The van der Waals surface area contributed by atoms with Crippen LogP contribution in [0.4, 0.5) is 4.39 Å². The molecule has 1 aliphatic heterocycles. The fraction of sp³-hybridized carbons (Fsp3) is 0.625. The van der Waals surface area contributed by atoms with Crippen molar-refractivity contribution in [3.05, 3.63) is 34.6 Å². The third-order valence-corrected chi connectivity index (χ3v) is 4.30. The molecule has 1 N–H and O–H groups in total. The van der Waals surface area contributed by atoms with Gasteiger partial charge in [0.2, 0.25) is 0 Å². The van der Waals surface area contributed by atoms with Crippen molar-refractivity contribution in [2.75, 3.05) is 13.2 Å². The Labute approximate surface area is 125 Å². The minimum Gasteiger partial charge on any atom is -0.374 e. The first-order valence-electron chi connectivity index (χ1n) is 7.36. The second-order valence-electron chi connectivity index (χ2n) is 5.71. The summed E-state index contributed by atoms with van der Waals surface area (Å²) < 4.78 is 19.9. The maximum atomic E-state index is 14.0. The molecule has 20 heavy (non-hydrogen) atoms. The van der Waals surface area contributed by atoms with E-state index in [0.717, 1.165) is 32.4 Å². The summed E-state index contributed by atoms with van der Waals surface area (Å²) in [5, 5.41) is 3.96. The van der Waals surface area contributed by atoms with Crippen LogP contribution in [0.3, 0.4) is 0 Å². The molecule has 2 atom stereocenters. The van der Waals surface area contributed by atoms with Crippen LogP contribution in [-0.4, -0.2) is 24.8 Å². The number of hydrogen-bond donors (Lipinski definition) is 1. The van der Waals surface area contributed by atoms with Crippen molar-refractivity contribution >= 4 is 11.6 Å². The molecule has 112 valence electrons. The van der Waals surface area contributed by atoms with Crippen molar-refractivity contribution in [3.63, 3.8) is 0 Å². The van der Waals surface area contributed by atoms with E-state index in [2.05, 4.69) is 19.2 Å². The summed E-state index contributed by atoms with van der Waals surface area (Å²) >= 11 is 5.81. The molecule has 2 rings (SSSR count). The third-order valence-electron chi connectivity index (χ3n) is 4.07. The van der Waals surface area contributed by atoms with Gasteiger partial charge in [-0.2, -0.15) is 0 Å². The molecule has 1 fully saturated rings. The molecule has 0 aromatic heterocycles. The normalized spacial score (nSPS) is 24.0. The first-order valence-corrected chi connectivity index (χ1v) is 7.74. The van der Waals surface area contributed by atoms with Gasteiger partial charge in [-0.05, 0) is 56.8 Å². The zero-order valence-electron chi connectivity index (χ0n) is 12.2. The molecule has 4 heteroatoms. The van der Waals surface area contributed by atoms with E-state index in [-0.39, 0.29) is 17.5 Å². The molecule has 1 aromatic carbocycles. The van der Waals surface area contributed by atoms with Crippen LogP contribution in [0.5, 0.6) is 0 Å². The highest BCUT2D eigenvalue weighted by atomic mass is 35.5. The standard InChI is InChI=1S/C16H23ClFNO/c1-3-8-19-15(16(2)7-4-9-20-16)10-12-5-6-13(17)11-14(12)18/h5-6,11,15,19H,3-4,7-10H2,1-2H3. The highest BCUT2D eigenvalue weighted by Crippen LogP contribution is 2.31. The van der Waals surface area contributed by atoms with Crippen molar-refractivity contribution in [2.45, 2.75) is 51.2 Å². The number of nitrogens with one attached hydrogen (secondary N) is 1. The molecular weight excluding hydrogens is 277 g/mol. The number of hydrogen-bond acceptors (Lipinski definition) is 2. The van der Waals surface area contributed by atoms with Crippen molar-refractivity contribution in [1.29, 1.82) is 0 Å². The Morgan fingerprint density at radius 1 is 1.50 bits per heavy atom. The van der Waals surface area contributed by atoms with E-state index >= 15 is 0 Å². The van der Waals surface area contributed by atoms with Gasteiger partial charge >= 0.3 is 0 Å². The summed E-state index contributed by atoms with van der Waals surface area (Å²) in [7, 11) is 0. The van der Waals surface area contributed by atoms with Gasteiger partial charge in [0.25, 0.3) is 0 Å². The van der Waals surface area contributed by atoms with Crippen molar-refractivity contribution < 1.29 is 9.13 Å². The second kappa shape index (κ2) is 6.88. The molecule has 0 bridgehead atoms. The van der Waals surface area contributed by atoms with E-state index in [4.69, 9.17) is 16.3 Å². The van der Waals surface area contributed by atoms with Crippen molar-refractivity contribution in [2.24, 2.45) is 0 Å². The van der Waals surface area contributed by atoms with Gasteiger partial charge in [-0.25, -0.2) is 4.39 Å². The Hall–Kier alpha value is -0.640. The summed E-state index contributed by atoms with van der Waals surface area (Å²) in [5.74, 6) is -0.234. The zero-order chi connectivity index (χ0) is 14.6. The number of ether oxygens (including phenoxy) is 1. The number of benzene rings is 1. The molecule has 1 aromatic rings. The summed E-state index contributed by atoms with van der Waals surface area (Å²) in [4.78, 5) is 0. The van der Waals surface area contributed by atoms with E-state index in [9.17, 15) is 4.39 Å². The van der Waals surface area contributed by atoms with E-state index in [1.54, 1.807) is 12.1 Å². The van der Waals surface area contributed by atoms with E-state index in [0.29, 0.717) is 17.0 Å². The Balaban J connectivity index is 2.14. The predicted molar refractivity (Wildman–Crippen MR) is 80.8 cm³/mol. The van der Waals surface area contributed by atoms with Crippen LogP contribution in [0, 0.1) is 5.82 Å². The highest BCUT2D eigenvalue weighted by molar-refractivity contribution is 6.30. The molecule has 0 radical (unpaired) electrons. The average molecular weight is 300 g/mol. The van der Waals surface area contributed by atoms with Gasteiger partial charge in [-0.15, -0.1) is 0 Å². The minimum atomic E-state index is -0.234. The van der Waals surface area contributed by atoms with Crippen LogP contribution >= 0.6 is 11.6 Å². The third kappa shape index (κ3) is 3.72. The first-order chi connectivity index (χ1) is 9.55. The van der Waals surface area contributed by atoms with E-state index < -0.39 is 0 Å². The van der Waals surface area contributed by atoms with Crippen molar-refractivity contribution in [1.82, 2.24) is 5.32 Å². The lowest BCUT2D eigenvalue weighted by Crippen LogP contribution is -2.50. The molecule has 0 amide bonds. The lowest BCUT2D eigenvalue weighted by Gasteiger charge is -2.34. The molecule has 2 nitrogen and oxygen atoms in total. The van der Waals surface area contributed by atoms with Crippen LogP contribution in [0.2, 0.25) is 5.02 Å². The average Bonchev–Trinajstić information content (AvgIpc) is 2.84. The van der Waals surface area contributed by atoms with Crippen LogP contribution in [0.15, 0.2) is 18.2 Å². The maximum Gasteiger partial charge on any atom is 0.127 e. The number of rotatable bonds is 6. The highest BCUT2D eigenvalue weighted by Gasteiger charge is 2.38. The Bertz CT molecular complexity index is 446. The van der Waals surface area contributed by atoms with Crippen LogP contribution < -0.4 is 5.32 Å². The smallest absolute Gasteiger partial charge is 0.127 e. The summed E-state index contributed by atoms with van der Waals surface area (Å²) in [6, 6.07) is 5.03. The summed E-state index contributed by atoms with van der Waals surface area (Å²) in [6.07, 6.45) is 3.77. The quantitative estimate of drug-likeness (QED) is 0.858. The molecule has 1 heterocycles. The number of halogens is 2. The van der Waals surface area contributed by atoms with Gasteiger partial charge in [-0.1, -0.05) is 24.6 Å². The van der Waals surface area contributed by atoms with Gasteiger partial charge < -0.3 is 10.1 Å². The Morgan fingerprint density at radius 2 is 2.30 bits per heavy atom. The minimum absolute atomic E-state index is 0.126. The summed E-state index contributed by atoms with van der Waals surface area (Å²) in [6.45, 7) is 5.97. The van der Waals surface area contributed by atoms with Gasteiger partial charge in [0.15, 0.2) is 0 Å². The van der Waals surface area contributed by atoms with Gasteiger partial charge in [0.05, 0.1) is 5.60 Å². The second-order valence-corrected chi connectivity index (χ2v) is 6.15. The lowest BCUT2D eigenvalue weighted by molar-refractivity contribution is -0.0116. The van der Waals surface area contributed by atoms with Crippen LogP contribution in [0.1, 0.15) is 38.7 Å². The monoisotopic (exact) mass is 299 g/mol. The van der Waals surface area contributed by atoms with Crippen LogP contribution in [0.25, 0.3) is 0 Å². The molecule has 0 aliphatic carbocycles. The van der Waals surface area contributed by atoms with Crippen molar-refractivity contribution in [3.8, 4) is 0 Å². The van der Waals surface area contributed by atoms with E-state index in [1.807, 2.05) is 0 Å². The lowest BCUT2D eigenvalue weighted by atomic mass is 9.88. The maximum absolute atomic E-state index is 14.0. The molecule has 1 saturated heterocycles. The molecule has 0 saturated carbocycles. The summed E-state index contributed by atoms with van der Waals surface area (Å²) in [5.41, 5.74) is 0.487. The molecule has 2 unspecified atom stereocenters. The molecule has 0 spiro atoms. The fourth-order valence-electron chi connectivity index (χ4n) is 2.81. The predicted octanol–water partition coefficient (Wildman–Crippen LogP) is 3.96. The van der Waals surface area contributed by atoms with Crippen LogP contribution in [-0.2, 0) is 11.2 Å². The van der Waals surface area contributed by atoms with Gasteiger partial charge in [-0.3, -0.25) is 0 Å². The fourth-order valence-corrected chi connectivity index (χ4v) is 2.96. The van der Waals surface area contributed by atoms with Gasteiger partial charge in [0.1, 0.15) is 5.82 Å². The molecule has 1 aliphatic rings. The zero-order valence-corrected chi connectivity index (χ0v) is 13.0. The topological polar surface area (TPSA) is 21.3 Å².